The Morgan fingerprint density at radius 2 is 1.89 bits per heavy atom. The van der Waals surface area contributed by atoms with E-state index in [1.165, 1.54) is 6.26 Å². The summed E-state index contributed by atoms with van der Waals surface area (Å²) in [5, 5.41) is 0.575. The molecule has 2 aliphatic rings. The van der Waals surface area contributed by atoms with Crippen LogP contribution in [-0.4, -0.2) is 54.0 Å². The highest BCUT2D eigenvalue weighted by Crippen LogP contribution is 2.48. The molecule has 1 saturated heterocycles. The standard InChI is InChI=1S/C27H26ClN5O3S/c1-37(35,36)13-5-12-32-24-10-9-19(28)14-22(24)30-25(32)16-33-23-8-3-2-7-21(23)27(26(33)34)17-31(18-27)20-6-4-11-29-15-20/h2-4,6-11,14-15H,5,12-13,16-18H2,1H3. The van der Waals surface area contributed by atoms with E-state index in [0.717, 1.165) is 28.0 Å². The minimum atomic E-state index is -3.09. The minimum absolute atomic E-state index is 0.0571. The van der Waals surface area contributed by atoms with Crippen LogP contribution in [0.3, 0.4) is 0 Å². The average molecular weight is 536 g/mol. The number of nitrogens with zero attached hydrogens (tertiary/aromatic N) is 5. The van der Waals surface area contributed by atoms with E-state index in [1.54, 1.807) is 18.3 Å². The zero-order valence-electron chi connectivity index (χ0n) is 20.3. The zero-order valence-corrected chi connectivity index (χ0v) is 21.9. The van der Waals surface area contributed by atoms with E-state index < -0.39 is 15.3 Å². The molecule has 0 bridgehead atoms. The number of carbonyl (C=O) groups excluding carboxylic acids is 1. The summed E-state index contributed by atoms with van der Waals surface area (Å²) < 4.78 is 25.5. The van der Waals surface area contributed by atoms with Gasteiger partial charge >= 0.3 is 0 Å². The second kappa shape index (κ2) is 8.85. The molecule has 0 radical (unpaired) electrons. The van der Waals surface area contributed by atoms with Gasteiger partial charge in [0, 0.05) is 42.8 Å². The highest BCUT2D eigenvalue weighted by Gasteiger charge is 2.58. The summed E-state index contributed by atoms with van der Waals surface area (Å²) >= 11 is 6.23. The summed E-state index contributed by atoms with van der Waals surface area (Å²) in [5.74, 6) is 0.842. The molecule has 6 rings (SSSR count). The van der Waals surface area contributed by atoms with E-state index >= 15 is 0 Å². The Kier molecular flexibility index (Phi) is 5.72. The number of aromatic nitrogens is 3. The molecule has 190 valence electrons. The lowest BCUT2D eigenvalue weighted by Gasteiger charge is -2.48. The number of hydrogen-bond acceptors (Lipinski definition) is 6. The fourth-order valence-electron chi connectivity index (χ4n) is 5.54. The fourth-order valence-corrected chi connectivity index (χ4v) is 6.36. The Morgan fingerprint density at radius 1 is 1.08 bits per heavy atom. The van der Waals surface area contributed by atoms with Crippen molar-refractivity contribution in [2.45, 2.75) is 24.9 Å². The van der Waals surface area contributed by atoms with Gasteiger partial charge in [-0.15, -0.1) is 0 Å². The van der Waals surface area contributed by atoms with Gasteiger partial charge < -0.3 is 14.4 Å². The first kappa shape index (κ1) is 23.9. The number of benzene rings is 2. The van der Waals surface area contributed by atoms with Crippen molar-refractivity contribution in [3.63, 3.8) is 0 Å². The molecule has 0 unspecified atom stereocenters. The van der Waals surface area contributed by atoms with E-state index in [1.807, 2.05) is 58.1 Å². The summed E-state index contributed by atoms with van der Waals surface area (Å²) in [4.78, 5) is 27.1. The molecule has 1 fully saturated rings. The monoisotopic (exact) mass is 535 g/mol. The zero-order chi connectivity index (χ0) is 25.8. The molecule has 2 aliphatic heterocycles. The molecule has 1 amide bonds. The molecular formula is C27H26ClN5O3S. The number of sulfone groups is 1. The number of amides is 1. The minimum Gasteiger partial charge on any atom is -0.367 e. The van der Waals surface area contributed by atoms with Gasteiger partial charge in [-0.3, -0.25) is 9.78 Å². The third kappa shape index (κ3) is 4.16. The van der Waals surface area contributed by atoms with Crippen molar-refractivity contribution in [3.8, 4) is 0 Å². The lowest BCUT2D eigenvalue weighted by Crippen LogP contribution is -2.64. The van der Waals surface area contributed by atoms with Gasteiger partial charge in [0.25, 0.3) is 0 Å². The van der Waals surface area contributed by atoms with E-state index in [2.05, 4.69) is 9.88 Å². The smallest absolute Gasteiger partial charge is 0.241 e. The van der Waals surface area contributed by atoms with Crippen LogP contribution in [0.15, 0.2) is 67.0 Å². The van der Waals surface area contributed by atoms with Gasteiger partial charge in [-0.25, -0.2) is 13.4 Å². The van der Waals surface area contributed by atoms with Crippen molar-refractivity contribution in [2.75, 3.05) is 34.9 Å². The van der Waals surface area contributed by atoms with E-state index in [9.17, 15) is 13.2 Å². The molecule has 0 atom stereocenters. The highest BCUT2D eigenvalue weighted by atomic mass is 35.5. The summed E-state index contributed by atoms with van der Waals surface area (Å²) in [6, 6.07) is 17.4. The van der Waals surface area contributed by atoms with Gasteiger partial charge in [0.1, 0.15) is 21.1 Å². The van der Waals surface area contributed by atoms with Crippen molar-refractivity contribution in [2.24, 2.45) is 0 Å². The van der Waals surface area contributed by atoms with Crippen LogP contribution in [0.5, 0.6) is 0 Å². The Hall–Kier alpha value is -3.43. The maximum absolute atomic E-state index is 14.0. The Morgan fingerprint density at radius 3 is 2.65 bits per heavy atom. The summed E-state index contributed by atoms with van der Waals surface area (Å²) in [5.41, 5.74) is 3.91. The largest absolute Gasteiger partial charge is 0.367 e. The van der Waals surface area contributed by atoms with Crippen molar-refractivity contribution < 1.29 is 13.2 Å². The van der Waals surface area contributed by atoms with Crippen LogP contribution in [0.2, 0.25) is 5.02 Å². The predicted molar refractivity (Wildman–Crippen MR) is 145 cm³/mol. The van der Waals surface area contributed by atoms with E-state index in [-0.39, 0.29) is 18.2 Å². The number of anilines is 2. The first-order chi connectivity index (χ1) is 17.7. The number of halogens is 1. The lowest BCUT2D eigenvalue weighted by atomic mass is 9.74. The quantitative estimate of drug-likeness (QED) is 0.357. The number of aryl methyl sites for hydroxylation is 1. The highest BCUT2D eigenvalue weighted by molar-refractivity contribution is 7.90. The lowest BCUT2D eigenvalue weighted by molar-refractivity contribution is -0.124. The first-order valence-corrected chi connectivity index (χ1v) is 14.6. The molecule has 0 aliphatic carbocycles. The van der Waals surface area contributed by atoms with Crippen LogP contribution in [0.4, 0.5) is 11.4 Å². The topological polar surface area (TPSA) is 88.4 Å². The molecule has 4 heterocycles. The molecule has 10 heteroatoms. The molecule has 0 saturated carbocycles. The average Bonchev–Trinajstić information content (AvgIpc) is 3.30. The molecular weight excluding hydrogens is 510 g/mol. The van der Waals surface area contributed by atoms with Gasteiger partial charge in [0.15, 0.2) is 0 Å². The van der Waals surface area contributed by atoms with Crippen LogP contribution >= 0.6 is 11.6 Å². The van der Waals surface area contributed by atoms with Crippen molar-refractivity contribution in [1.29, 1.82) is 0 Å². The summed E-state index contributed by atoms with van der Waals surface area (Å²) in [7, 11) is -3.09. The summed E-state index contributed by atoms with van der Waals surface area (Å²) in [6.07, 6.45) is 5.26. The Balaban J connectivity index is 1.33. The number of imidazole rings is 1. The molecule has 2 aromatic carbocycles. The number of pyridine rings is 1. The number of hydrogen-bond donors (Lipinski definition) is 0. The maximum atomic E-state index is 14.0. The molecule has 0 N–H and O–H groups in total. The van der Waals surface area contributed by atoms with Crippen molar-refractivity contribution >= 4 is 49.8 Å². The van der Waals surface area contributed by atoms with E-state index in [4.69, 9.17) is 16.6 Å². The van der Waals surface area contributed by atoms with Crippen LogP contribution in [-0.2, 0) is 33.1 Å². The molecule has 8 nitrogen and oxygen atoms in total. The second-order valence-corrected chi connectivity index (χ2v) is 12.6. The molecule has 1 spiro atoms. The summed E-state index contributed by atoms with van der Waals surface area (Å²) in [6.45, 7) is 1.94. The number of para-hydroxylation sites is 1. The number of carbonyl (C=O) groups is 1. The third-order valence-corrected chi connectivity index (χ3v) is 8.55. The Labute approximate surface area is 220 Å². The van der Waals surface area contributed by atoms with Crippen LogP contribution in [0.1, 0.15) is 17.8 Å². The molecule has 4 aromatic rings. The second-order valence-electron chi connectivity index (χ2n) is 9.85. The molecule has 2 aromatic heterocycles. The Bertz CT molecular complexity index is 1610. The SMILES string of the molecule is CS(=O)(=O)CCCn1c(CN2C(=O)C3(CN(c4cccnc4)C3)c3ccccc32)nc2cc(Cl)ccc21. The molecule has 37 heavy (non-hydrogen) atoms. The number of rotatable bonds is 7. The van der Waals surface area contributed by atoms with E-state index in [0.29, 0.717) is 36.9 Å². The van der Waals surface area contributed by atoms with Crippen LogP contribution < -0.4 is 9.80 Å². The first-order valence-electron chi connectivity index (χ1n) is 12.1. The van der Waals surface area contributed by atoms with Crippen LogP contribution in [0, 0.1) is 0 Å². The van der Waals surface area contributed by atoms with Gasteiger partial charge in [0.05, 0.1) is 35.2 Å². The van der Waals surface area contributed by atoms with Crippen molar-refractivity contribution in [3.05, 3.63) is 83.4 Å². The normalized spacial score (nSPS) is 16.4. The van der Waals surface area contributed by atoms with Crippen LogP contribution in [0.25, 0.3) is 11.0 Å². The van der Waals surface area contributed by atoms with Gasteiger partial charge in [-0.2, -0.15) is 0 Å². The predicted octanol–water partition coefficient (Wildman–Crippen LogP) is 3.82. The maximum Gasteiger partial charge on any atom is 0.241 e. The number of fused-ring (bicyclic) bond motifs is 3. The van der Waals surface area contributed by atoms with Gasteiger partial charge in [0.2, 0.25) is 5.91 Å². The van der Waals surface area contributed by atoms with Gasteiger partial charge in [-0.05, 0) is 48.4 Å². The third-order valence-electron chi connectivity index (χ3n) is 7.28. The van der Waals surface area contributed by atoms with Crippen molar-refractivity contribution in [1.82, 2.24) is 14.5 Å². The fraction of sp³-hybridized carbons (Fsp3) is 0.296. The van der Waals surface area contributed by atoms with Gasteiger partial charge in [-0.1, -0.05) is 29.8 Å².